The summed E-state index contributed by atoms with van der Waals surface area (Å²) in [5, 5.41) is 2.59. The summed E-state index contributed by atoms with van der Waals surface area (Å²) in [5.41, 5.74) is 4.94. The number of hydrogen-bond acceptors (Lipinski definition) is 5. The zero-order chi connectivity index (χ0) is 14.3. The molecule has 0 bridgehead atoms. The first-order valence-corrected chi connectivity index (χ1v) is 6.08. The first-order chi connectivity index (χ1) is 9.16. The molecule has 0 fully saturated rings. The van der Waals surface area contributed by atoms with E-state index in [9.17, 15) is 9.59 Å². The molecule has 0 heterocycles. The minimum absolute atomic E-state index is 0.215. The Morgan fingerprint density at radius 1 is 1.00 bits per heavy atom. The molecular weight excluding hydrogens is 252 g/mol. The fourth-order valence-electron chi connectivity index (χ4n) is 1.03. The number of ether oxygens (including phenoxy) is 3. The van der Waals surface area contributed by atoms with E-state index in [4.69, 9.17) is 19.9 Å². The topological polar surface area (TPSA) is 99.9 Å². The van der Waals surface area contributed by atoms with Crippen LogP contribution in [0.1, 0.15) is 6.42 Å². The minimum atomic E-state index is -0.377. The van der Waals surface area contributed by atoms with Gasteiger partial charge in [-0.3, -0.25) is 9.59 Å². The van der Waals surface area contributed by atoms with E-state index in [1.807, 2.05) is 0 Å². The fraction of sp³-hybridized carbons (Fsp3) is 0.667. The van der Waals surface area contributed by atoms with Gasteiger partial charge in [-0.2, -0.15) is 0 Å². The largest absolute Gasteiger partial charge is 0.379 e. The molecule has 7 heteroatoms. The minimum Gasteiger partial charge on any atom is -0.379 e. The van der Waals surface area contributed by atoms with Gasteiger partial charge in [0.1, 0.15) is 0 Å². The number of carbonyl (C=O) groups is 2. The van der Waals surface area contributed by atoms with Crippen molar-refractivity contribution in [1.29, 1.82) is 0 Å². The zero-order valence-corrected chi connectivity index (χ0v) is 11.1. The summed E-state index contributed by atoms with van der Waals surface area (Å²) in [6.45, 7) is 6.28. The molecule has 0 aliphatic heterocycles. The highest BCUT2D eigenvalue weighted by Gasteiger charge is 1.95. The van der Waals surface area contributed by atoms with Gasteiger partial charge in [-0.25, -0.2) is 0 Å². The molecule has 3 N–H and O–H groups in total. The summed E-state index contributed by atoms with van der Waals surface area (Å²) in [6, 6.07) is 0. The van der Waals surface area contributed by atoms with E-state index in [0.29, 0.717) is 46.2 Å². The lowest BCUT2D eigenvalue weighted by atomic mass is 10.4. The van der Waals surface area contributed by atoms with Gasteiger partial charge in [-0.05, 0) is 6.08 Å². The number of carbonyl (C=O) groups excluding carboxylic acids is 2. The molecule has 0 atom stereocenters. The Bertz CT molecular complexity index is 271. The second-order valence-electron chi connectivity index (χ2n) is 3.55. The standard InChI is InChI=1S/C12H22N2O5/c1-2-12(16)14-4-6-18-8-10-19-9-7-17-5-3-11(13)15/h2H,1,3-10H2,(H2,13,15)(H,14,16). The molecule has 7 nitrogen and oxygen atoms in total. The van der Waals surface area contributed by atoms with Crippen LogP contribution in [0.3, 0.4) is 0 Å². The van der Waals surface area contributed by atoms with E-state index in [1.165, 1.54) is 6.08 Å². The third-order valence-corrected chi connectivity index (χ3v) is 1.97. The highest BCUT2D eigenvalue weighted by atomic mass is 16.5. The van der Waals surface area contributed by atoms with Crippen molar-refractivity contribution in [3.8, 4) is 0 Å². The molecule has 0 aromatic rings. The SMILES string of the molecule is C=CC(=O)NCCOCCOCCOCCC(N)=O. The molecule has 0 rings (SSSR count). The Hall–Kier alpha value is -1.44. The summed E-state index contributed by atoms with van der Waals surface area (Å²) in [6.07, 6.45) is 1.43. The van der Waals surface area contributed by atoms with Gasteiger partial charge in [0.2, 0.25) is 11.8 Å². The quantitative estimate of drug-likeness (QED) is 0.339. The molecule has 0 aliphatic rings. The molecule has 0 aromatic heterocycles. The molecule has 110 valence electrons. The van der Waals surface area contributed by atoms with Crippen LogP contribution in [-0.4, -0.2) is 58.0 Å². The Labute approximate surface area is 113 Å². The van der Waals surface area contributed by atoms with Gasteiger partial charge in [0.15, 0.2) is 0 Å². The maximum absolute atomic E-state index is 10.8. The smallest absolute Gasteiger partial charge is 0.243 e. The van der Waals surface area contributed by atoms with Crippen molar-refractivity contribution in [2.75, 3.05) is 46.2 Å². The van der Waals surface area contributed by atoms with Crippen molar-refractivity contribution in [2.45, 2.75) is 6.42 Å². The van der Waals surface area contributed by atoms with Crippen molar-refractivity contribution in [3.63, 3.8) is 0 Å². The highest BCUT2D eigenvalue weighted by molar-refractivity contribution is 5.86. The molecule has 0 aromatic carbocycles. The predicted octanol–water partition coefficient (Wildman–Crippen LogP) is -0.786. The van der Waals surface area contributed by atoms with Crippen molar-refractivity contribution in [2.24, 2.45) is 5.73 Å². The summed E-state index contributed by atoms with van der Waals surface area (Å²) in [5.74, 6) is -0.592. The van der Waals surface area contributed by atoms with Crippen molar-refractivity contribution >= 4 is 11.8 Å². The third-order valence-electron chi connectivity index (χ3n) is 1.97. The predicted molar refractivity (Wildman–Crippen MR) is 69.5 cm³/mol. The maximum atomic E-state index is 10.8. The second-order valence-corrected chi connectivity index (χ2v) is 3.55. The van der Waals surface area contributed by atoms with Gasteiger partial charge in [0.25, 0.3) is 0 Å². The number of amides is 2. The number of rotatable bonds is 13. The molecule has 0 spiro atoms. The van der Waals surface area contributed by atoms with Crippen molar-refractivity contribution < 1.29 is 23.8 Å². The monoisotopic (exact) mass is 274 g/mol. The first kappa shape index (κ1) is 17.6. The molecule has 0 unspecified atom stereocenters. The van der Waals surface area contributed by atoms with Gasteiger partial charge in [0, 0.05) is 13.0 Å². The third kappa shape index (κ3) is 14.5. The number of nitrogens with one attached hydrogen (secondary N) is 1. The molecule has 2 amide bonds. The Kier molecular flexibility index (Phi) is 12.0. The van der Waals surface area contributed by atoms with Crippen LogP contribution < -0.4 is 11.1 Å². The Morgan fingerprint density at radius 2 is 1.53 bits per heavy atom. The van der Waals surface area contributed by atoms with Crippen LogP contribution in [0, 0.1) is 0 Å². The van der Waals surface area contributed by atoms with E-state index in [2.05, 4.69) is 11.9 Å². The Balaban J connectivity index is 3.05. The number of primary amides is 1. The lowest BCUT2D eigenvalue weighted by Crippen LogP contribution is -2.25. The van der Waals surface area contributed by atoms with Gasteiger partial charge >= 0.3 is 0 Å². The second kappa shape index (κ2) is 13.0. The van der Waals surface area contributed by atoms with Crippen molar-refractivity contribution in [3.05, 3.63) is 12.7 Å². The molecular formula is C12H22N2O5. The molecule has 0 aliphatic carbocycles. The normalized spacial score (nSPS) is 10.1. The molecule has 19 heavy (non-hydrogen) atoms. The van der Waals surface area contributed by atoms with E-state index in [1.54, 1.807) is 0 Å². The molecule has 0 saturated carbocycles. The fourth-order valence-corrected chi connectivity index (χ4v) is 1.03. The van der Waals surface area contributed by atoms with Crippen LogP contribution in [-0.2, 0) is 23.8 Å². The van der Waals surface area contributed by atoms with Crippen LogP contribution in [0.2, 0.25) is 0 Å². The lowest BCUT2D eigenvalue weighted by molar-refractivity contribution is -0.119. The zero-order valence-electron chi connectivity index (χ0n) is 11.1. The van der Waals surface area contributed by atoms with Gasteiger partial charge < -0.3 is 25.3 Å². The average Bonchev–Trinajstić information content (AvgIpc) is 2.39. The lowest BCUT2D eigenvalue weighted by Gasteiger charge is -2.06. The highest BCUT2D eigenvalue weighted by Crippen LogP contribution is 1.83. The van der Waals surface area contributed by atoms with Crippen LogP contribution in [0.4, 0.5) is 0 Å². The van der Waals surface area contributed by atoms with Crippen molar-refractivity contribution in [1.82, 2.24) is 5.32 Å². The summed E-state index contributed by atoms with van der Waals surface area (Å²) in [7, 11) is 0. The van der Waals surface area contributed by atoms with Crippen LogP contribution in [0.15, 0.2) is 12.7 Å². The van der Waals surface area contributed by atoms with E-state index in [-0.39, 0.29) is 18.2 Å². The van der Waals surface area contributed by atoms with E-state index in [0.717, 1.165) is 0 Å². The van der Waals surface area contributed by atoms with Crippen LogP contribution in [0.5, 0.6) is 0 Å². The summed E-state index contributed by atoms with van der Waals surface area (Å²) < 4.78 is 15.5. The first-order valence-electron chi connectivity index (χ1n) is 6.08. The molecule has 0 radical (unpaired) electrons. The average molecular weight is 274 g/mol. The van der Waals surface area contributed by atoms with Crippen LogP contribution in [0.25, 0.3) is 0 Å². The molecule has 0 saturated heterocycles. The number of hydrogen-bond donors (Lipinski definition) is 2. The van der Waals surface area contributed by atoms with Gasteiger partial charge in [-0.1, -0.05) is 6.58 Å². The Morgan fingerprint density at radius 3 is 2.05 bits per heavy atom. The van der Waals surface area contributed by atoms with E-state index < -0.39 is 0 Å². The summed E-state index contributed by atoms with van der Waals surface area (Å²) >= 11 is 0. The van der Waals surface area contributed by atoms with Crippen LogP contribution >= 0.6 is 0 Å². The maximum Gasteiger partial charge on any atom is 0.243 e. The van der Waals surface area contributed by atoms with Gasteiger partial charge in [-0.15, -0.1) is 0 Å². The number of nitrogens with two attached hydrogens (primary N) is 1. The van der Waals surface area contributed by atoms with E-state index >= 15 is 0 Å². The summed E-state index contributed by atoms with van der Waals surface area (Å²) in [4.78, 5) is 21.1. The van der Waals surface area contributed by atoms with Gasteiger partial charge in [0.05, 0.1) is 39.6 Å².